The van der Waals surface area contributed by atoms with Gasteiger partial charge in [-0.15, -0.1) is 0 Å². The highest BCUT2D eigenvalue weighted by Crippen LogP contribution is 2.36. The lowest BCUT2D eigenvalue weighted by Crippen LogP contribution is -2.05. The first-order valence-corrected chi connectivity index (χ1v) is 4.35. The summed E-state index contributed by atoms with van der Waals surface area (Å²) in [4.78, 5) is 0. The molecule has 1 aliphatic rings. The lowest BCUT2D eigenvalue weighted by Gasteiger charge is -2.09. The lowest BCUT2D eigenvalue weighted by molar-refractivity contribution is 0.382. The maximum atomic E-state index is 13.2. The normalized spacial score (nSPS) is 20.1. The summed E-state index contributed by atoms with van der Waals surface area (Å²) in [6, 6.07) is 3.22. The summed E-state index contributed by atoms with van der Waals surface area (Å²) < 4.78 is 18.2. The molecule has 2 rings (SSSR count). The zero-order chi connectivity index (χ0) is 9.42. The predicted molar refractivity (Wildman–Crippen MR) is 48.2 cm³/mol. The number of benzene rings is 1. The second kappa shape index (κ2) is 3.00. The van der Waals surface area contributed by atoms with E-state index >= 15 is 0 Å². The number of hydrogen-bond acceptors (Lipinski definition) is 2. The molecule has 2 N–H and O–H groups in total. The second-order valence-electron chi connectivity index (χ2n) is 3.29. The van der Waals surface area contributed by atoms with Crippen LogP contribution in [-0.2, 0) is 6.42 Å². The van der Waals surface area contributed by atoms with Crippen LogP contribution in [-0.4, -0.2) is 7.11 Å². The molecule has 0 saturated carbocycles. The van der Waals surface area contributed by atoms with Crippen LogP contribution in [0.2, 0.25) is 0 Å². The summed E-state index contributed by atoms with van der Waals surface area (Å²) in [7, 11) is 1.49. The molecule has 1 unspecified atom stereocenters. The third-order valence-electron chi connectivity index (χ3n) is 2.56. The van der Waals surface area contributed by atoms with Gasteiger partial charge in [0.2, 0.25) is 0 Å². The maximum Gasteiger partial charge on any atom is 0.165 e. The van der Waals surface area contributed by atoms with Crippen molar-refractivity contribution < 1.29 is 9.13 Å². The molecule has 3 heteroatoms. The minimum Gasteiger partial charge on any atom is -0.493 e. The fourth-order valence-corrected chi connectivity index (χ4v) is 1.90. The average Bonchev–Trinajstić information content (AvgIpc) is 2.48. The standard InChI is InChI=1S/C10H12FNO/c1-13-10-7-3-5-9(12)6(7)2-4-8(10)11/h2,4,9H,3,5,12H2,1H3. The molecule has 0 amide bonds. The van der Waals surface area contributed by atoms with Crippen molar-refractivity contribution in [2.45, 2.75) is 18.9 Å². The summed E-state index contributed by atoms with van der Waals surface area (Å²) in [5, 5.41) is 0. The van der Waals surface area contributed by atoms with Crippen molar-refractivity contribution in [1.29, 1.82) is 0 Å². The third-order valence-corrected chi connectivity index (χ3v) is 2.56. The van der Waals surface area contributed by atoms with Gasteiger partial charge in [0.15, 0.2) is 11.6 Å². The summed E-state index contributed by atoms with van der Waals surface area (Å²) in [5.74, 6) is 0.0702. The topological polar surface area (TPSA) is 35.2 Å². The highest BCUT2D eigenvalue weighted by atomic mass is 19.1. The van der Waals surface area contributed by atoms with Crippen molar-refractivity contribution in [1.82, 2.24) is 0 Å². The summed E-state index contributed by atoms with van der Waals surface area (Å²) in [5.41, 5.74) is 7.81. The van der Waals surface area contributed by atoms with Crippen molar-refractivity contribution >= 4 is 0 Å². The fraction of sp³-hybridized carbons (Fsp3) is 0.400. The van der Waals surface area contributed by atoms with E-state index in [-0.39, 0.29) is 11.9 Å². The van der Waals surface area contributed by atoms with Crippen LogP contribution in [0.3, 0.4) is 0 Å². The largest absolute Gasteiger partial charge is 0.493 e. The zero-order valence-corrected chi connectivity index (χ0v) is 7.51. The number of fused-ring (bicyclic) bond motifs is 1. The molecule has 0 fully saturated rings. The maximum absolute atomic E-state index is 13.2. The van der Waals surface area contributed by atoms with Gasteiger partial charge in [0.05, 0.1) is 7.11 Å². The second-order valence-corrected chi connectivity index (χ2v) is 3.29. The molecule has 13 heavy (non-hydrogen) atoms. The molecule has 0 saturated heterocycles. The van der Waals surface area contributed by atoms with Gasteiger partial charge in [-0.25, -0.2) is 4.39 Å². The van der Waals surface area contributed by atoms with Gasteiger partial charge in [0.1, 0.15) is 0 Å². The van der Waals surface area contributed by atoms with Crippen LogP contribution in [0.25, 0.3) is 0 Å². The molecular formula is C10H12FNO. The molecule has 0 heterocycles. The Balaban J connectivity index is 2.57. The number of hydrogen-bond donors (Lipinski definition) is 1. The Labute approximate surface area is 76.5 Å². The molecule has 0 bridgehead atoms. The van der Waals surface area contributed by atoms with E-state index in [1.54, 1.807) is 6.07 Å². The monoisotopic (exact) mass is 181 g/mol. The van der Waals surface area contributed by atoms with Crippen LogP contribution in [0.1, 0.15) is 23.6 Å². The van der Waals surface area contributed by atoms with Gasteiger partial charge in [-0.3, -0.25) is 0 Å². The van der Waals surface area contributed by atoms with Crippen molar-refractivity contribution in [3.63, 3.8) is 0 Å². The average molecular weight is 181 g/mol. The first-order valence-electron chi connectivity index (χ1n) is 4.35. The Morgan fingerprint density at radius 1 is 1.54 bits per heavy atom. The van der Waals surface area contributed by atoms with E-state index in [9.17, 15) is 4.39 Å². The molecule has 1 aromatic rings. The first kappa shape index (κ1) is 8.51. The summed E-state index contributed by atoms with van der Waals surface area (Å²) in [6.07, 6.45) is 1.70. The Hall–Kier alpha value is -1.09. The SMILES string of the molecule is COc1c(F)ccc2c1CCC2N. The van der Waals surface area contributed by atoms with Gasteiger partial charge in [-0.05, 0) is 24.5 Å². The highest BCUT2D eigenvalue weighted by Gasteiger charge is 2.24. The molecular weight excluding hydrogens is 169 g/mol. The Morgan fingerprint density at radius 2 is 2.31 bits per heavy atom. The quantitative estimate of drug-likeness (QED) is 0.716. The number of rotatable bonds is 1. The van der Waals surface area contributed by atoms with Gasteiger partial charge < -0.3 is 10.5 Å². The van der Waals surface area contributed by atoms with Gasteiger partial charge in [0, 0.05) is 11.6 Å². The van der Waals surface area contributed by atoms with Gasteiger partial charge in [-0.2, -0.15) is 0 Å². The lowest BCUT2D eigenvalue weighted by atomic mass is 10.1. The molecule has 0 aromatic heterocycles. The van der Waals surface area contributed by atoms with Crippen LogP contribution in [0.4, 0.5) is 4.39 Å². The number of nitrogens with two attached hydrogens (primary N) is 1. The molecule has 0 aliphatic heterocycles. The van der Waals surface area contributed by atoms with E-state index in [4.69, 9.17) is 10.5 Å². The Bertz CT molecular complexity index is 338. The Kier molecular flexibility index (Phi) is 1.96. The van der Waals surface area contributed by atoms with Crippen LogP contribution in [0.5, 0.6) is 5.75 Å². The highest BCUT2D eigenvalue weighted by molar-refractivity contribution is 5.45. The third kappa shape index (κ3) is 1.20. The van der Waals surface area contributed by atoms with Gasteiger partial charge in [-0.1, -0.05) is 6.07 Å². The summed E-state index contributed by atoms with van der Waals surface area (Å²) in [6.45, 7) is 0. The van der Waals surface area contributed by atoms with E-state index in [0.717, 1.165) is 24.0 Å². The molecule has 0 spiro atoms. The van der Waals surface area contributed by atoms with Crippen LogP contribution >= 0.6 is 0 Å². The first-order chi connectivity index (χ1) is 6.24. The van der Waals surface area contributed by atoms with E-state index in [2.05, 4.69) is 0 Å². The smallest absolute Gasteiger partial charge is 0.165 e. The van der Waals surface area contributed by atoms with E-state index in [1.165, 1.54) is 13.2 Å². The van der Waals surface area contributed by atoms with E-state index < -0.39 is 0 Å². The van der Waals surface area contributed by atoms with Crippen molar-refractivity contribution in [3.8, 4) is 5.75 Å². The fourth-order valence-electron chi connectivity index (χ4n) is 1.90. The van der Waals surface area contributed by atoms with Crippen LogP contribution in [0.15, 0.2) is 12.1 Å². The minimum absolute atomic E-state index is 0.0458. The Morgan fingerprint density at radius 3 is 3.00 bits per heavy atom. The minimum atomic E-state index is -0.296. The van der Waals surface area contributed by atoms with Crippen molar-refractivity contribution in [2.75, 3.05) is 7.11 Å². The number of ether oxygens (including phenoxy) is 1. The summed E-state index contributed by atoms with van der Waals surface area (Å²) >= 11 is 0. The van der Waals surface area contributed by atoms with Crippen molar-refractivity contribution in [3.05, 3.63) is 29.1 Å². The van der Waals surface area contributed by atoms with Crippen LogP contribution < -0.4 is 10.5 Å². The van der Waals surface area contributed by atoms with Crippen molar-refractivity contribution in [2.24, 2.45) is 5.73 Å². The predicted octanol–water partition coefficient (Wildman–Crippen LogP) is 1.78. The molecule has 2 nitrogen and oxygen atoms in total. The number of halogens is 1. The molecule has 1 atom stereocenters. The molecule has 0 radical (unpaired) electrons. The van der Waals surface area contributed by atoms with E-state index in [1.807, 2.05) is 0 Å². The van der Waals surface area contributed by atoms with Gasteiger partial charge >= 0.3 is 0 Å². The molecule has 1 aliphatic carbocycles. The molecule has 70 valence electrons. The number of methoxy groups -OCH3 is 1. The van der Waals surface area contributed by atoms with Gasteiger partial charge in [0.25, 0.3) is 0 Å². The zero-order valence-electron chi connectivity index (χ0n) is 7.51. The van der Waals surface area contributed by atoms with Crippen LogP contribution in [0, 0.1) is 5.82 Å². The molecule has 1 aromatic carbocycles. The van der Waals surface area contributed by atoms with E-state index in [0.29, 0.717) is 5.75 Å².